The molecule has 0 heterocycles. The van der Waals surface area contributed by atoms with Crippen molar-refractivity contribution in [1.82, 2.24) is 0 Å². The lowest BCUT2D eigenvalue weighted by Crippen LogP contribution is -2.24. The summed E-state index contributed by atoms with van der Waals surface area (Å²) in [5.74, 6) is 0.0390. The SMILES string of the molecule is CCC/C(C)=C\C(=O)N(C)c1ccccc1. The highest BCUT2D eigenvalue weighted by Crippen LogP contribution is 2.12. The third kappa shape index (κ3) is 3.54. The van der Waals surface area contributed by atoms with Gasteiger partial charge in [-0.05, 0) is 25.5 Å². The monoisotopic (exact) mass is 217 g/mol. The summed E-state index contributed by atoms with van der Waals surface area (Å²) in [6.07, 6.45) is 3.77. The lowest BCUT2D eigenvalue weighted by atomic mass is 10.1. The zero-order valence-electron chi connectivity index (χ0n) is 10.2. The molecule has 0 bridgehead atoms. The fourth-order valence-electron chi connectivity index (χ4n) is 1.55. The Morgan fingerprint density at radius 2 is 1.94 bits per heavy atom. The molecule has 2 heteroatoms. The summed E-state index contributed by atoms with van der Waals surface area (Å²) in [4.78, 5) is 13.5. The Morgan fingerprint density at radius 3 is 2.50 bits per heavy atom. The minimum Gasteiger partial charge on any atom is -0.312 e. The Morgan fingerprint density at radius 1 is 1.31 bits per heavy atom. The van der Waals surface area contributed by atoms with Crippen LogP contribution in [-0.2, 0) is 4.79 Å². The molecule has 0 saturated carbocycles. The molecule has 0 aliphatic heterocycles. The van der Waals surface area contributed by atoms with Crippen molar-refractivity contribution in [3.63, 3.8) is 0 Å². The third-order valence-electron chi connectivity index (χ3n) is 2.49. The van der Waals surface area contributed by atoms with Crippen LogP contribution in [0.2, 0.25) is 0 Å². The number of rotatable bonds is 4. The number of allylic oxidation sites excluding steroid dienone is 1. The molecule has 1 amide bonds. The fourth-order valence-corrected chi connectivity index (χ4v) is 1.55. The van der Waals surface area contributed by atoms with Gasteiger partial charge >= 0.3 is 0 Å². The molecule has 1 aromatic rings. The number of benzene rings is 1. The van der Waals surface area contributed by atoms with E-state index in [1.807, 2.05) is 37.3 Å². The maximum Gasteiger partial charge on any atom is 0.250 e. The number of likely N-dealkylation sites (N-methyl/N-ethyl adjacent to an activating group) is 1. The van der Waals surface area contributed by atoms with Crippen LogP contribution >= 0.6 is 0 Å². The van der Waals surface area contributed by atoms with Gasteiger partial charge in [-0.25, -0.2) is 0 Å². The molecule has 86 valence electrons. The first-order valence-electron chi connectivity index (χ1n) is 5.65. The van der Waals surface area contributed by atoms with Gasteiger partial charge in [-0.15, -0.1) is 0 Å². The number of nitrogens with zero attached hydrogens (tertiary/aromatic N) is 1. The lowest BCUT2D eigenvalue weighted by Gasteiger charge is -2.15. The van der Waals surface area contributed by atoms with Gasteiger partial charge in [0.1, 0.15) is 0 Å². The summed E-state index contributed by atoms with van der Waals surface area (Å²) in [5.41, 5.74) is 2.06. The van der Waals surface area contributed by atoms with Gasteiger partial charge in [-0.2, -0.15) is 0 Å². The normalized spacial score (nSPS) is 11.3. The minimum absolute atomic E-state index is 0.0390. The van der Waals surface area contributed by atoms with Crippen molar-refractivity contribution in [2.75, 3.05) is 11.9 Å². The Hall–Kier alpha value is -1.57. The maximum absolute atomic E-state index is 11.9. The number of carbonyl (C=O) groups is 1. The van der Waals surface area contributed by atoms with Gasteiger partial charge in [0.15, 0.2) is 0 Å². The van der Waals surface area contributed by atoms with Gasteiger partial charge in [0.2, 0.25) is 0 Å². The molecule has 0 fully saturated rings. The Balaban J connectivity index is 2.72. The van der Waals surface area contributed by atoms with Crippen LogP contribution in [0.3, 0.4) is 0 Å². The summed E-state index contributed by atoms with van der Waals surface area (Å²) >= 11 is 0. The van der Waals surface area contributed by atoms with E-state index < -0.39 is 0 Å². The summed E-state index contributed by atoms with van der Waals surface area (Å²) in [7, 11) is 1.80. The second-order valence-electron chi connectivity index (χ2n) is 3.97. The molecule has 0 saturated heterocycles. The average molecular weight is 217 g/mol. The van der Waals surface area contributed by atoms with Crippen molar-refractivity contribution in [2.24, 2.45) is 0 Å². The van der Waals surface area contributed by atoms with E-state index in [1.54, 1.807) is 18.0 Å². The molecule has 0 N–H and O–H groups in total. The summed E-state index contributed by atoms with van der Waals surface area (Å²) in [6.45, 7) is 4.11. The smallest absolute Gasteiger partial charge is 0.250 e. The molecule has 1 aromatic carbocycles. The molecular formula is C14H19NO. The number of hydrogen-bond acceptors (Lipinski definition) is 1. The highest BCUT2D eigenvalue weighted by molar-refractivity contribution is 6.01. The zero-order chi connectivity index (χ0) is 12.0. The first-order chi connectivity index (χ1) is 7.65. The first kappa shape index (κ1) is 12.5. The van der Waals surface area contributed by atoms with Gasteiger partial charge in [0.05, 0.1) is 0 Å². The van der Waals surface area contributed by atoms with Crippen LogP contribution in [0.15, 0.2) is 42.0 Å². The number of carbonyl (C=O) groups excluding carboxylic acids is 1. The molecule has 0 aromatic heterocycles. The number of anilines is 1. The molecule has 0 unspecified atom stereocenters. The Bertz CT molecular complexity index is 368. The van der Waals surface area contributed by atoms with Crippen LogP contribution in [-0.4, -0.2) is 13.0 Å². The molecule has 16 heavy (non-hydrogen) atoms. The molecule has 2 nitrogen and oxygen atoms in total. The van der Waals surface area contributed by atoms with Crippen molar-refractivity contribution in [3.8, 4) is 0 Å². The standard InChI is InChI=1S/C14H19NO/c1-4-8-12(2)11-14(16)15(3)13-9-6-5-7-10-13/h5-7,9-11H,4,8H2,1-3H3/b12-11-. The van der Waals surface area contributed by atoms with Crippen LogP contribution in [0.4, 0.5) is 5.69 Å². The van der Waals surface area contributed by atoms with E-state index >= 15 is 0 Å². The average Bonchev–Trinajstić information content (AvgIpc) is 2.29. The zero-order valence-corrected chi connectivity index (χ0v) is 10.2. The highest BCUT2D eigenvalue weighted by Gasteiger charge is 2.07. The molecule has 0 radical (unpaired) electrons. The van der Waals surface area contributed by atoms with Crippen LogP contribution in [0, 0.1) is 0 Å². The van der Waals surface area contributed by atoms with Crippen molar-refractivity contribution in [1.29, 1.82) is 0 Å². The molecule has 0 aliphatic rings. The summed E-state index contributed by atoms with van der Waals surface area (Å²) in [6, 6.07) is 9.67. The highest BCUT2D eigenvalue weighted by atomic mass is 16.2. The van der Waals surface area contributed by atoms with Gasteiger partial charge in [0, 0.05) is 18.8 Å². The summed E-state index contributed by atoms with van der Waals surface area (Å²) < 4.78 is 0. The quantitative estimate of drug-likeness (QED) is 0.708. The van der Waals surface area contributed by atoms with E-state index in [0.29, 0.717) is 0 Å². The largest absolute Gasteiger partial charge is 0.312 e. The van der Waals surface area contributed by atoms with Crippen molar-refractivity contribution in [2.45, 2.75) is 26.7 Å². The van der Waals surface area contributed by atoms with Crippen molar-refractivity contribution < 1.29 is 4.79 Å². The molecule has 0 aliphatic carbocycles. The second kappa shape index (κ2) is 6.11. The molecule has 1 rings (SSSR count). The third-order valence-corrected chi connectivity index (χ3v) is 2.49. The topological polar surface area (TPSA) is 20.3 Å². The molecule has 0 spiro atoms. The number of hydrogen-bond donors (Lipinski definition) is 0. The van der Waals surface area contributed by atoms with Gasteiger partial charge in [-0.3, -0.25) is 4.79 Å². The maximum atomic E-state index is 11.9. The number of para-hydroxylation sites is 1. The van der Waals surface area contributed by atoms with Crippen LogP contribution in [0.25, 0.3) is 0 Å². The second-order valence-corrected chi connectivity index (χ2v) is 3.97. The van der Waals surface area contributed by atoms with Crippen LogP contribution in [0.1, 0.15) is 26.7 Å². The van der Waals surface area contributed by atoms with E-state index in [4.69, 9.17) is 0 Å². The van der Waals surface area contributed by atoms with E-state index in [2.05, 4.69) is 6.92 Å². The van der Waals surface area contributed by atoms with Crippen LogP contribution < -0.4 is 4.90 Å². The molecule has 0 atom stereocenters. The fraction of sp³-hybridized carbons (Fsp3) is 0.357. The Labute approximate surface area is 97.6 Å². The predicted molar refractivity (Wildman–Crippen MR) is 68.5 cm³/mol. The number of amides is 1. The van der Waals surface area contributed by atoms with Crippen LogP contribution in [0.5, 0.6) is 0 Å². The van der Waals surface area contributed by atoms with Gasteiger partial charge in [-0.1, -0.05) is 37.1 Å². The van der Waals surface area contributed by atoms with Gasteiger partial charge < -0.3 is 4.90 Å². The Kier molecular flexibility index (Phi) is 4.77. The van der Waals surface area contributed by atoms with E-state index in [1.165, 1.54) is 0 Å². The van der Waals surface area contributed by atoms with Crippen molar-refractivity contribution in [3.05, 3.63) is 42.0 Å². The minimum atomic E-state index is 0.0390. The van der Waals surface area contributed by atoms with E-state index in [-0.39, 0.29) is 5.91 Å². The first-order valence-corrected chi connectivity index (χ1v) is 5.65. The predicted octanol–water partition coefficient (Wildman–Crippen LogP) is 3.40. The van der Waals surface area contributed by atoms with Gasteiger partial charge in [0.25, 0.3) is 5.91 Å². The van der Waals surface area contributed by atoms with Crippen molar-refractivity contribution >= 4 is 11.6 Å². The summed E-state index contributed by atoms with van der Waals surface area (Å²) in [5, 5.41) is 0. The van der Waals surface area contributed by atoms with E-state index in [0.717, 1.165) is 24.1 Å². The molecular weight excluding hydrogens is 198 g/mol. The van der Waals surface area contributed by atoms with E-state index in [9.17, 15) is 4.79 Å². The lowest BCUT2D eigenvalue weighted by molar-refractivity contribution is -0.113.